The third-order valence-corrected chi connectivity index (χ3v) is 3.96. The molecule has 0 aliphatic rings. The van der Waals surface area contributed by atoms with Gasteiger partial charge in [-0.2, -0.15) is 0 Å². The number of benzene rings is 2. The maximum atomic E-state index is 9.80. The number of rotatable bonds is 2. The lowest BCUT2D eigenvalue weighted by Crippen LogP contribution is -2.14. The van der Waals surface area contributed by atoms with Crippen LogP contribution in [-0.4, -0.2) is 25.7 Å². The first-order valence-electron chi connectivity index (χ1n) is 8.32. The van der Waals surface area contributed by atoms with Gasteiger partial charge in [0.1, 0.15) is 17.7 Å². The minimum atomic E-state index is -1.03. The quantitative estimate of drug-likeness (QED) is 0.482. The SMILES string of the molecule is CC(C)(O)C#Cc1ccc2ncnc(Nc3ccc4[nH]ccc4c3)c2c1. The number of fused-ring (bicyclic) bond motifs is 2. The highest BCUT2D eigenvalue weighted by Gasteiger charge is 2.08. The van der Waals surface area contributed by atoms with Crippen LogP contribution in [0.5, 0.6) is 0 Å². The second-order valence-corrected chi connectivity index (χ2v) is 6.67. The molecule has 0 saturated carbocycles. The molecular formula is C21H18N4O. The molecule has 0 fully saturated rings. The molecular weight excluding hydrogens is 324 g/mol. The maximum Gasteiger partial charge on any atom is 0.141 e. The lowest BCUT2D eigenvalue weighted by atomic mass is 10.1. The molecule has 0 radical (unpaired) electrons. The van der Waals surface area contributed by atoms with E-state index in [1.807, 2.05) is 42.6 Å². The molecule has 2 aromatic carbocycles. The topological polar surface area (TPSA) is 73.8 Å². The van der Waals surface area contributed by atoms with E-state index in [4.69, 9.17) is 0 Å². The summed E-state index contributed by atoms with van der Waals surface area (Å²) in [5, 5.41) is 15.2. The average molecular weight is 342 g/mol. The molecule has 4 rings (SSSR count). The van der Waals surface area contributed by atoms with Gasteiger partial charge in [-0.05, 0) is 56.3 Å². The summed E-state index contributed by atoms with van der Waals surface area (Å²) in [5.74, 6) is 6.55. The number of aromatic nitrogens is 3. The minimum Gasteiger partial charge on any atom is -0.378 e. The van der Waals surface area contributed by atoms with Gasteiger partial charge >= 0.3 is 0 Å². The average Bonchev–Trinajstić information content (AvgIpc) is 3.07. The van der Waals surface area contributed by atoms with E-state index in [2.05, 4.69) is 38.2 Å². The standard InChI is InChI=1S/C21H18N4O/c1-21(2,26)9-7-14-3-5-19-17(11-14)20(24-13-23-19)25-16-4-6-18-15(12-16)8-10-22-18/h3-6,8,10-13,22,26H,1-2H3,(H,23,24,25). The largest absolute Gasteiger partial charge is 0.378 e. The Kier molecular flexibility index (Phi) is 3.83. The van der Waals surface area contributed by atoms with Crippen molar-refractivity contribution in [3.05, 3.63) is 60.6 Å². The fraction of sp³-hybridized carbons (Fsp3) is 0.143. The van der Waals surface area contributed by atoms with E-state index in [-0.39, 0.29) is 0 Å². The number of anilines is 2. The van der Waals surface area contributed by atoms with Gasteiger partial charge in [-0.15, -0.1) is 0 Å². The van der Waals surface area contributed by atoms with Gasteiger partial charge in [-0.1, -0.05) is 11.8 Å². The molecule has 0 spiro atoms. The third-order valence-electron chi connectivity index (χ3n) is 3.96. The number of hydrogen-bond acceptors (Lipinski definition) is 4. The molecule has 0 atom stereocenters. The van der Waals surface area contributed by atoms with Crippen molar-refractivity contribution in [2.75, 3.05) is 5.32 Å². The van der Waals surface area contributed by atoms with Gasteiger partial charge in [0.25, 0.3) is 0 Å². The Labute approximate surface area is 151 Å². The van der Waals surface area contributed by atoms with Crippen molar-refractivity contribution >= 4 is 33.3 Å². The van der Waals surface area contributed by atoms with Crippen LogP contribution < -0.4 is 5.32 Å². The molecule has 2 aromatic heterocycles. The van der Waals surface area contributed by atoms with Gasteiger partial charge in [0.15, 0.2) is 0 Å². The molecule has 4 aromatic rings. The predicted molar refractivity (Wildman–Crippen MR) is 104 cm³/mol. The van der Waals surface area contributed by atoms with Crippen molar-refractivity contribution in [1.29, 1.82) is 0 Å². The number of hydrogen-bond donors (Lipinski definition) is 3. The molecule has 0 aliphatic heterocycles. The van der Waals surface area contributed by atoms with Crippen molar-refractivity contribution in [2.45, 2.75) is 19.4 Å². The zero-order valence-electron chi connectivity index (χ0n) is 14.5. The molecule has 0 amide bonds. The van der Waals surface area contributed by atoms with Gasteiger partial charge in [-0.3, -0.25) is 0 Å². The molecule has 5 heteroatoms. The first-order valence-corrected chi connectivity index (χ1v) is 8.32. The summed E-state index contributed by atoms with van der Waals surface area (Å²) >= 11 is 0. The van der Waals surface area contributed by atoms with E-state index in [9.17, 15) is 5.11 Å². The number of H-pyrrole nitrogens is 1. The van der Waals surface area contributed by atoms with E-state index in [1.54, 1.807) is 20.2 Å². The molecule has 3 N–H and O–H groups in total. The van der Waals surface area contributed by atoms with Crippen LogP contribution in [0, 0.1) is 11.8 Å². The summed E-state index contributed by atoms with van der Waals surface area (Å²) < 4.78 is 0. The normalized spacial score (nSPS) is 11.3. The summed E-state index contributed by atoms with van der Waals surface area (Å²) in [5.41, 5.74) is 2.64. The van der Waals surface area contributed by atoms with Gasteiger partial charge in [-0.25, -0.2) is 9.97 Å². The smallest absolute Gasteiger partial charge is 0.141 e. The lowest BCUT2D eigenvalue weighted by Gasteiger charge is -2.09. The van der Waals surface area contributed by atoms with Gasteiger partial charge < -0.3 is 15.4 Å². The first-order chi connectivity index (χ1) is 12.5. The Morgan fingerprint density at radius 1 is 1.08 bits per heavy atom. The van der Waals surface area contributed by atoms with Crippen LogP contribution in [0.25, 0.3) is 21.8 Å². The van der Waals surface area contributed by atoms with E-state index in [0.717, 1.165) is 38.9 Å². The van der Waals surface area contributed by atoms with Crippen LogP contribution in [0.1, 0.15) is 19.4 Å². The van der Waals surface area contributed by atoms with E-state index in [1.165, 1.54) is 0 Å². The summed E-state index contributed by atoms with van der Waals surface area (Å²) in [6.45, 7) is 3.32. The van der Waals surface area contributed by atoms with Gasteiger partial charge in [0.05, 0.1) is 5.52 Å². The van der Waals surface area contributed by atoms with Crippen LogP contribution in [0.4, 0.5) is 11.5 Å². The number of nitrogens with zero attached hydrogens (tertiary/aromatic N) is 2. The summed E-state index contributed by atoms with van der Waals surface area (Å²) in [6, 6.07) is 13.9. The highest BCUT2D eigenvalue weighted by molar-refractivity contribution is 5.92. The van der Waals surface area contributed by atoms with Crippen LogP contribution in [0.2, 0.25) is 0 Å². The van der Waals surface area contributed by atoms with Crippen LogP contribution in [0.3, 0.4) is 0 Å². The molecule has 0 unspecified atom stereocenters. The third kappa shape index (κ3) is 3.37. The summed E-state index contributed by atoms with van der Waals surface area (Å²) in [7, 11) is 0. The Morgan fingerprint density at radius 3 is 2.81 bits per heavy atom. The summed E-state index contributed by atoms with van der Waals surface area (Å²) in [4.78, 5) is 11.9. The van der Waals surface area contributed by atoms with Gasteiger partial charge in [0.2, 0.25) is 0 Å². The second-order valence-electron chi connectivity index (χ2n) is 6.67. The van der Waals surface area contributed by atoms with Crippen molar-refractivity contribution in [3.8, 4) is 11.8 Å². The van der Waals surface area contributed by atoms with Crippen LogP contribution in [-0.2, 0) is 0 Å². The number of nitrogens with one attached hydrogen (secondary N) is 2. The molecule has 5 nitrogen and oxygen atoms in total. The van der Waals surface area contributed by atoms with Gasteiger partial charge in [0, 0.05) is 33.7 Å². The Balaban J connectivity index is 1.74. The Bertz CT molecular complexity index is 1160. The van der Waals surface area contributed by atoms with Crippen molar-refractivity contribution < 1.29 is 5.11 Å². The second kappa shape index (κ2) is 6.17. The van der Waals surface area contributed by atoms with E-state index < -0.39 is 5.60 Å². The first kappa shape index (κ1) is 16.1. The van der Waals surface area contributed by atoms with Crippen LogP contribution >= 0.6 is 0 Å². The fourth-order valence-electron chi connectivity index (χ4n) is 2.73. The van der Waals surface area contributed by atoms with E-state index in [0.29, 0.717) is 0 Å². The maximum absolute atomic E-state index is 9.80. The van der Waals surface area contributed by atoms with Crippen molar-refractivity contribution in [2.24, 2.45) is 0 Å². The molecule has 0 saturated heterocycles. The predicted octanol–water partition coefficient (Wildman–Crippen LogP) is 3.98. The lowest BCUT2D eigenvalue weighted by molar-refractivity contribution is 0.143. The number of aromatic amines is 1. The Hall–Kier alpha value is -3.36. The molecule has 26 heavy (non-hydrogen) atoms. The minimum absolute atomic E-state index is 0.719. The molecule has 2 heterocycles. The zero-order valence-corrected chi connectivity index (χ0v) is 14.5. The zero-order chi connectivity index (χ0) is 18.1. The summed E-state index contributed by atoms with van der Waals surface area (Å²) in [6.07, 6.45) is 3.46. The van der Waals surface area contributed by atoms with E-state index >= 15 is 0 Å². The molecule has 0 bridgehead atoms. The molecule has 128 valence electrons. The van der Waals surface area contributed by atoms with Crippen LogP contribution in [0.15, 0.2) is 55.0 Å². The molecule has 0 aliphatic carbocycles. The fourth-order valence-corrected chi connectivity index (χ4v) is 2.73. The number of aliphatic hydroxyl groups is 1. The highest BCUT2D eigenvalue weighted by Crippen LogP contribution is 2.26. The van der Waals surface area contributed by atoms with Crippen molar-refractivity contribution in [3.63, 3.8) is 0 Å². The monoisotopic (exact) mass is 342 g/mol. The Morgan fingerprint density at radius 2 is 1.96 bits per heavy atom. The van der Waals surface area contributed by atoms with Crippen molar-refractivity contribution in [1.82, 2.24) is 15.0 Å². The highest BCUT2D eigenvalue weighted by atomic mass is 16.3.